The molecule has 18 heavy (non-hydrogen) atoms. The van der Waals surface area contributed by atoms with Crippen LogP contribution in [0.4, 0.5) is 0 Å². The molecule has 0 aliphatic carbocycles. The number of hydrogen-bond acceptors (Lipinski definition) is 1. The van der Waals surface area contributed by atoms with Crippen LogP contribution in [0.3, 0.4) is 0 Å². The van der Waals surface area contributed by atoms with Gasteiger partial charge in [-0.1, -0.05) is 38.8 Å². The van der Waals surface area contributed by atoms with Gasteiger partial charge in [-0.3, -0.25) is 0 Å². The molecular weight excluding hydrogens is 218 g/mol. The summed E-state index contributed by atoms with van der Waals surface area (Å²) in [6.45, 7) is 8.79. The van der Waals surface area contributed by atoms with E-state index >= 15 is 0 Å². The van der Waals surface area contributed by atoms with Crippen LogP contribution in [-0.4, -0.2) is 0 Å². The molecule has 0 fully saturated rings. The van der Waals surface area contributed by atoms with Crippen molar-refractivity contribution in [2.75, 3.05) is 0 Å². The molecule has 0 atom stereocenters. The first kappa shape index (κ1) is 14.5. The zero-order valence-electron chi connectivity index (χ0n) is 12.0. The summed E-state index contributed by atoms with van der Waals surface area (Å²) in [6, 6.07) is 8.23. The third-order valence-corrected chi connectivity index (χ3v) is 3.44. The lowest BCUT2D eigenvalue weighted by Gasteiger charge is -2.15. The molecule has 0 amide bonds. The van der Waals surface area contributed by atoms with E-state index < -0.39 is 0 Å². The minimum atomic E-state index is 0.750. The molecule has 1 nitrogen and oxygen atoms in total. The Morgan fingerprint density at radius 1 is 1.17 bits per heavy atom. The van der Waals surface area contributed by atoms with Crippen LogP contribution >= 0.6 is 0 Å². The van der Waals surface area contributed by atoms with E-state index in [2.05, 4.69) is 39.8 Å². The molecule has 0 heterocycles. The van der Waals surface area contributed by atoms with Crippen molar-refractivity contribution in [3.05, 3.63) is 40.5 Å². The Morgan fingerprint density at radius 3 is 2.33 bits per heavy atom. The molecule has 1 rings (SSSR count). The number of benzene rings is 1. The maximum absolute atomic E-state index is 8.93. The summed E-state index contributed by atoms with van der Waals surface area (Å²) >= 11 is 0. The lowest BCUT2D eigenvalue weighted by atomic mass is 9.90. The third kappa shape index (κ3) is 3.23. The van der Waals surface area contributed by atoms with Gasteiger partial charge in [0.05, 0.1) is 11.6 Å². The summed E-state index contributed by atoms with van der Waals surface area (Å²) in [5.41, 5.74) is 6.32. The van der Waals surface area contributed by atoms with E-state index in [1.54, 1.807) is 5.57 Å². The number of nitriles is 1. The average Bonchev–Trinajstić information content (AvgIpc) is 2.39. The Labute approximate surface area is 111 Å². The van der Waals surface area contributed by atoms with E-state index in [9.17, 15) is 0 Å². The monoisotopic (exact) mass is 241 g/mol. The van der Waals surface area contributed by atoms with Crippen LogP contribution in [0.15, 0.2) is 23.8 Å². The summed E-state index contributed by atoms with van der Waals surface area (Å²) in [5.74, 6) is 0. The number of allylic oxidation sites excluding steroid dienone is 2. The maximum atomic E-state index is 8.93. The highest BCUT2D eigenvalue weighted by Crippen LogP contribution is 2.29. The second-order valence-electron chi connectivity index (χ2n) is 4.68. The predicted molar refractivity (Wildman–Crippen MR) is 78.3 cm³/mol. The van der Waals surface area contributed by atoms with E-state index in [0.29, 0.717) is 0 Å². The van der Waals surface area contributed by atoms with Crippen LogP contribution in [0.2, 0.25) is 0 Å². The van der Waals surface area contributed by atoms with Crippen LogP contribution in [0.5, 0.6) is 0 Å². The summed E-state index contributed by atoms with van der Waals surface area (Å²) in [5, 5.41) is 8.93. The second-order valence-corrected chi connectivity index (χ2v) is 4.68. The number of hydrogen-bond donors (Lipinski definition) is 0. The average molecular weight is 241 g/mol. The first-order valence-electron chi connectivity index (χ1n) is 6.89. The van der Waals surface area contributed by atoms with Gasteiger partial charge in [-0.05, 0) is 55.0 Å². The van der Waals surface area contributed by atoms with Crippen molar-refractivity contribution in [3.8, 4) is 6.07 Å². The Hall–Kier alpha value is -1.55. The maximum Gasteiger partial charge on any atom is 0.0991 e. The first-order chi connectivity index (χ1) is 8.67. The third-order valence-electron chi connectivity index (χ3n) is 3.44. The smallest absolute Gasteiger partial charge is 0.0991 e. The molecular formula is C17H23N. The summed E-state index contributed by atoms with van der Waals surface area (Å²) in [4.78, 5) is 0. The molecule has 0 aliphatic heterocycles. The molecule has 0 saturated heterocycles. The lowest BCUT2D eigenvalue weighted by Crippen LogP contribution is -1.95. The van der Waals surface area contributed by atoms with Crippen molar-refractivity contribution in [1.82, 2.24) is 0 Å². The molecule has 0 spiro atoms. The molecule has 96 valence electrons. The van der Waals surface area contributed by atoms with Crippen molar-refractivity contribution >= 4 is 5.57 Å². The van der Waals surface area contributed by atoms with Gasteiger partial charge in [0.1, 0.15) is 0 Å². The standard InChI is InChI=1S/C17H23N/c1-5-8-15(6-2)16(7-3)17-10-9-14(12-18)11-13(17)4/h9-11H,5-8H2,1-4H3/b16-15+. The van der Waals surface area contributed by atoms with Crippen molar-refractivity contribution in [3.63, 3.8) is 0 Å². The summed E-state index contributed by atoms with van der Waals surface area (Å²) < 4.78 is 0. The second kappa shape index (κ2) is 7.01. The van der Waals surface area contributed by atoms with E-state index in [4.69, 9.17) is 5.26 Å². The van der Waals surface area contributed by atoms with Gasteiger partial charge in [0.25, 0.3) is 0 Å². The Bertz CT molecular complexity index is 475. The molecule has 0 N–H and O–H groups in total. The van der Waals surface area contributed by atoms with Gasteiger partial charge in [-0.2, -0.15) is 5.26 Å². The molecule has 0 radical (unpaired) electrons. The highest BCUT2D eigenvalue weighted by Gasteiger charge is 2.09. The van der Waals surface area contributed by atoms with Gasteiger partial charge >= 0.3 is 0 Å². The predicted octanol–water partition coefficient (Wildman–Crippen LogP) is 5.24. The first-order valence-corrected chi connectivity index (χ1v) is 6.89. The van der Waals surface area contributed by atoms with E-state index in [1.165, 1.54) is 29.5 Å². The molecule has 0 unspecified atom stereocenters. The van der Waals surface area contributed by atoms with Crippen LogP contribution in [0, 0.1) is 18.3 Å². The zero-order chi connectivity index (χ0) is 13.5. The SMILES string of the molecule is CCC/C(CC)=C(\CC)c1ccc(C#N)cc1C. The van der Waals surface area contributed by atoms with E-state index in [-0.39, 0.29) is 0 Å². The Morgan fingerprint density at radius 2 is 1.89 bits per heavy atom. The van der Waals surface area contributed by atoms with E-state index in [1.807, 2.05) is 12.1 Å². The van der Waals surface area contributed by atoms with Gasteiger partial charge in [-0.25, -0.2) is 0 Å². The van der Waals surface area contributed by atoms with Crippen LogP contribution in [0.25, 0.3) is 5.57 Å². The largest absolute Gasteiger partial charge is 0.192 e. The summed E-state index contributed by atoms with van der Waals surface area (Å²) in [6.07, 6.45) is 4.56. The van der Waals surface area contributed by atoms with Crippen LogP contribution in [0.1, 0.15) is 63.1 Å². The number of rotatable bonds is 5. The molecule has 1 heteroatoms. The fraction of sp³-hybridized carbons (Fsp3) is 0.471. The van der Waals surface area contributed by atoms with Crippen LogP contribution < -0.4 is 0 Å². The fourth-order valence-electron chi connectivity index (χ4n) is 2.55. The Kier molecular flexibility index (Phi) is 5.65. The van der Waals surface area contributed by atoms with E-state index in [0.717, 1.165) is 18.4 Å². The van der Waals surface area contributed by atoms with Crippen molar-refractivity contribution in [2.45, 2.75) is 53.4 Å². The molecule has 1 aromatic rings. The van der Waals surface area contributed by atoms with Crippen molar-refractivity contribution in [1.29, 1.82) is 5.26 Å². The topological polar surface area (TPSA) is 23.8 Å². The molecule has 0 aromatic heterocycles. The van der Waals surface area contributed by atoms with Gasteiger partial charge in [0.15, 0.2) is 0 Å². The van der Waals surface area contributed by atoms with Gasteiger partial charge < -0.3 is 0 Å². The highest BCUT2D eigenvalue weighted by atomic mass is 14.2. The number of aryl methyl sites for hydroxylation is 1. The van der Waals surface area contributed by atoms with Crippen molar-refractivity contribution in [2.24, 2.45) is 0 Å². The van der Waals surface area contributed by atoms with Gasteiger partial charge in [-0.15, -0.1) is 0 Å². The molecule has 0 bridgehead atoms. The lowest BCUT2D eigenvalue weighted by molar-refractivity contribution is 0.855. The minimum absolute atomic E-state index is 0.750. The Balaban J connectivity index is 3.28. The van der Waals surface area contributed by atoms with Crippen LogP contribution in [-0.2, 0) is 0 Å². The van der Waals surface area contributed by atoms with Crippen molar-refractivity contribution < 1.29 is 0 Å². The number of nitrogens with zero attached hydrogens (tertiary/aromatic N) is 1. The highest BCUT2D eigenvalue weighted by molar-refractivity contribution is 5.71. The fourth-order valence-corrected chi connectivity index (χ4v) is 2.55. The zero-order valence-corrected chi connectivity index (χ0v) is 12.0. The van der Waals surface area contributed by atoms with Gasteiger partial charge in [0.2, 0.25) is 0 Å². The quantitative estimate of drug-likeness (QED) is 0.691. The normalized spacial score (nSPS) is 11.9. The van der Waals surface area contributed by atoms with Gasteiger partial charge in [0, 0.05) is 0 Å². The molecule has 0 aliphatic rings. The summed E-state index contributed by atoms with van der Waals surface area (Å²) in [7, 11) is 0. The molecule has 1 aromatic carbocycles. The minimum Gasteiger partial charge on any atom is -0.192 e. The molecule has 0 saturated carbocycles.